The smallest absolute Gasteiger partial charge is 0.249 e. The van der Waals surface area contributed by atoms with Crippen LogP contribution >= 0.6 is 0 Å². The van der Waals surface area contributed by atoms with Crippen molar-refractivity contribution in [3.63, 3.8) is 0 Å². The standard InChI is InChI=1S/C11H19N5O/c1-4-7(12)10(17)14-11-13-8(5-2)9(6-3)15-16-11/h7H,4-6,12H2,1-3H3,(H,13,14,16,17)/t7-/m1/s1. The number of carbonyl (C=O) groups excluding carboxylic acids is 1. The van der Waals surface area contributed by atoms with Gasteiger partial charge in [-0.15, -0.1) is 10.2 Å². The van der Waals surface area contributed by atoms with E-state index in [0.29, 0.717) is 6.42 Å². The Morgan fingerprint density at radius 3 is 2.41 bits per heavy atom. The van der Waals surface area contributed by atoms with E-state index in [4.69, 9.17) is 5.73 Å². The van der Waals surface area contributed by atoms with Crippen LogP contribution < -0.4 is 11.1 Å². The van der Waals surface area contributed by atoms with Gasteiger partial charge in [0.25, 0.3) is 0 Å². The Bertz CT molecular complexity index is 393. The highest BCUT2D eigenvalue weighted by molar-refractivity contribution is 5.93. The summed E-state index contributed by atoms with van der Waals surface area (Å²) in [6.07, 6.45) is 2.13. The number of hydrogen-bond acceptors (Lipinski definition) is 5. The third-order valence-corrected chi connectivity index (χ3v) is 2.52. The minimum absolute atomic E-state index is 0.230. The molecule has 0 aliphatic heterocycles. The predicted molar refractivity (Wildman–Crippen MR) is 65.5 cm³/mol. The Kier molecular flexibility index (Phi) is 4.96. The summed E-state index contributed by atoms with van der Waals surface area (Å²) in [7, 11) is 0. The van der Waals surface area contributed by atoms with Crippen molar-refractivity contribution in [2.75, 3.05) is 5.32 Å². The lowest BCUT2D eigenvalue weighted by Gasteiger charge is -2.09. The van der Waals surface area contributed by atoms with E-state index in [2.05, 4.69) is 20.5 Å². The van der Waals surface area contributed by atoms with Crippen molar-refractivity contribution in [3.8, 4) is 0 Å². The SMILES string of the molecule is CCc1nnc(NC(=O)[C@H](N)CC)nc1CC. The van der Waals surface area contributed by atoms with Crippen molar-refractivity contribution >= 4 is 11.9 Å². The van der Waals surface area contributed by atoms with Gasteiger partial charge in [0.05, 0.1) is 17.4 Å². The summed E-state index contributed by atoms with van der Waals surface area (Å²) in [6, 6.07) is -0.533. The first-order valence-electron chi connectivity index (χ1n) is 5.91. The molecule has 0 aliphatic rings. The summed E-state index contributed by atoms with van der Waals surface area (Å²) < 4.78 is 0. The number of amides is 1. The molecule has 1 aromatic rings. The number of aromatic nitrogens is 3. The number of nitrogens with one attached hydrogen (secondary N) is 1. The molecule has 0 saturated heterocycles. The highest BCUT2D eigenvalue weighted by Crippen LogP contribution is 2.07. The van der Waals surface area contributed by atoms with Crippen LogP contribution in [0.2, 0.25) is 0 Å². The van der Waals surface area contributed by atoms with Gasteiger partial charge in [-0.25, -0.2) is 4.98 Å². The van der Waals surface area contributed by atoms with E-state index >= 15 is 0 Å². The lowest BCUT2D eigenvalue weighted by Crippen LogP contribution is -2.35. The lowest BCUT2D eigenvalue weighted by atomic mass is 10.2. The van der Waals surface area contributed by atoms with Gasteiger partial charge in [-0.1, -0.05) is 20.8 Å². The molecule has 1 rings (SSSR count). The molecule has 6 heteroatoms. The minimum atomic E-state index is -0.533. The summed E-state index contributed by atoms with van der Waals surface area (Å²) in [5.41, 5.74) is 7.33. The first-order chi connectivity index (χ1) is 8.12. The number of rotatable bonds is 5. The van der Waals surface area contributed by atoms with Gasteiger partial charge in [-0.2, -0.15) is 0 Å². The zero-order valence-corrected chi connectivity index (χ0v) is 10.5. The summed E-state index contributed by atoms with van der Waals surface area (Å²) in [5, 5.41) is 10.5. The van der Waals surface area contributed by atoms with E-state index in [1.54, 1.807) is 0 Å². The number of hydrogen-bond donors (Lipinski definition) is 2. The normalized spacial score (nSPS) is 12.2. The molecule has 0 bridgehead atoms. The maximum absolute atomic E-state index is 11.6. The molecular weight excluding hydrogens is 218 g/mol. The highest BCUT2D eigenvalue weighted by atomic mass is 16.2. The van der Waals surface area contributed by atoms with Crippen LogP contribution in [-0.4, -0.2) is 27.1 Å². The Labute approximate surface area is 101 Å². The van der Waals surface area contributed by atoms with Crippen molar-refractivity contribution in [1.82, 2.24) is 15.2 Å². The second-order valence-electron chi connectivity index (χ2n) is 3.74. The van der Waals surface area contributed by atoms with Crippen LogP contribution in [0, 0.1) is 0 Å². The van der Waals surface area contributed by atoms with Crippen LogP contribution in [0.4, 0.5) is 5.95 Å². The minimum Gasteiger partial charge on any atom is -0.320 e. The summed E-state index contributed by atoms with van der Waals surface area (Å²) >= 11 is 0. The third-order valence-electron chi connectivity index (χ3n) is 2.52. The molecule has 0 unspecified atom stereocenters. The van der Waals surface area contributed by atoms with Crippen molar-refractivity contribution < 1.29 is 4.79 Å². The molecule has 3 N–H and O–H groups in total. The highest BCUT2D eigenvalue weighted by Gasteiger charge is 2.13. The molecule has 0 aromatic carbocycles. The van der Waals surface area contributed by atoms with Gasteiger partial charge in [-0.3, -0.25) is 10.1 Å². The molecule has 6 nitrogen and oxygen atoms in total. The van der Waals surface area contributed by atoms with E-state index in [0.717, 1.165) is 24.2 Å². The zero-order valence-electron chi connectivity index (χ0n) is 10.5. The molecule has 94 valence electrons. The van der Waals surface area contributed by atoms with Gasteiger partial charge < -0.3 is 5.73 Å². The Balaban J connectivity index is 2.82. The van der Waals surface area contributed by atoms with Crippen LogP contribution in [0.1, 0.15) is 38.6 Å². The fourth-order valence-electron chi connectivity index (χ4n) is 1.38. The van der Waals surface area contributed by atoms with E-state index < -0.39 is 6.04 Å². The second-order valence-corrected chi connectivity index (χ2v) is 3.74. The van der Waals surface area contributed by atoms with E-state index in [1.807, 2.05) is 20.8 Å². The summed E-state index contributed by atoms with van der Waals surface area (Å²) in [4.78, 5) is 15.8. The number of anilines is 1. The molecule has 1 heterocycles. The van der Waals surface area contributed by atoms with Crippen LogP contribution in [0.15, 0.2) is 0 Å². The topological polar surface area (TPSA) is 93.8 Å². The van der Waals surface area contributed by atoms with E-state index in [9.17, 15) is 4.79 Å². The first kappa shape index (κ1) is 13.5. The Hall–Kier alpha value is -1.56. The van der Waals surface area contributed by atoms with Crippen LogP contribution in [0.3, 0.4) is 0 Å². The zero-order chi connectivity index (χ0) is 12.8. The van der Waals surface area contributed by atoms with E-state index in [1.165, 1.54) is 0 Å². The van der Waals surface area contributed by atoms with Crippen LogP contribution in [0.5, 0.6) is 0 Å². The maximum Gasteiger partial charge on any atom is 0.249 e. The molecule has 1 atom stereocenters. The molecule has 1 aromatic heterocycles. The van der Waals surface area contributed by atoms with Gasteiger partial charge in [-0.05, 0) is 19.3 Å². The average molecular weight is 237 g/mol. The van der Waals surface area contributed by atoms with Gasteiger partial charge >= 0.3 is 0 Å². The predicted octanol–water partition coefficient (Wildman–Crippen LogP) is 0.672. The quantitative estimate of drug-likeness (QED) is 0.785. The van der Waals surface area contributed by atoms with Crippen LogP contribution in [-0.2, 0) is 17.6 Å². The number of carbonyl (C=O) groups is 1. The summed E-state index contributed by atoms with van der Waals surface area (Å²) in [5.74, 6) is -0.0476. The molecular formula is C11H19N5O. The van der Waals surface area contributed by atoms with Gasteiger partial charge in [0.15, 0.2) is 0 Å². The fraction of sp³-hybridized carbons (Fsp3) is 0.636. The molecule has 0 spiro atoms. The molecule has 0 saturated carbocycles. The van der Waals surface area contributed by atoms with Crippen molar-refractivity contribution in [2.45, 2.75) is 46.1 Å². The molecule has 1 amide bonds. The van der Waals surface area contributed by atoms with Crippen molar-refractivity contribution in [2.24, 2.45) is 5.73 Å². The molecule has 0 aliphatic carbocycles. The Morgan fingerprint density at radius 1 is 1.24 bits per heavy atom. The number of nitrogens with two attached hydrogens (primary N) is 1. The maximum atomic E-state index is 11.6. The van der Waals surface area contributed by atoms with Gasteiger partial charge in [0, 0.05) is 0 Å². The molecule has 0 fully saturated rings. The van der Waals surface area contributed by atoms with Crippen molar-refractivity contribution in [3.05, 3.63) is 11.4 Å². The third kappa shape index (κ3) is 3.45. The molecule has 0 radical (unpaired) electrons. The fourth-order valence-corrected chi connectivity index (χ4v) is 1.38. The second kappa shape index (κ2) is 6.24. The average Bonchev–Trinajstić information content (AvgIpc) is 2.37. The van der Waals surface area contributed by atoms with Gasteiger partial charge in [0.1, 0.15) is 0 Å². The summed E-state index contributed by atoms with van der Waals surface area (Å²) in [6.45, 7) is 5.84. The first-order valence-corrected chi connectivity index (χ1v) is 5.91. The largest absolute Gasteiger partial charge is 0.320 e. The number of nitrogens with zero attached hydrogens (tertiary/aromatic N) is 3. The van der Waals surface area contributed by atoms with E-state index in [-0.39, 0.29) is 11.9 Å². The van der Waals surface area contributed by atoms with Crippen LogP contribution in [0.25, 0.3) is 0 Å². The lowest BCUT2D eigenvalue weighted by molar-refractivity contribution is -0.117. The van der Waals surface area contributed by atoms with Crippen molar-refractivity contribution in [1.29, 1.82) is 0 Å². The Morgan fingerprint density at radius 2 is 1.88 bits per heavy atom. The monoisotopic (exact) mass is 237 g/mol. The number of aryl methyl sites for hydroxylation is 2. The van der Waals surface area contributed by atoms with Gasteiger partial charge in [0.2, 0.25) is 11.9 Å². The molecule has 17 heavy (non-hydrogen) atoms.